The van der Waals surface area contributed by atoms with Crippen molar-refractivity contribution in [2.24, 2.45) is 4.99 Å². The third-order valence-electron chi connectivity index (χ3n) is 4.87. The van der Waals surface area contributed by atoms with E-state index in [1.165, 1.54) is 22.7 Å². The molecule has 0 bridgehead atoms. The van der Waals surface area contributed by atoms with Crippen LogP contribution in [0.15, 0.2) is 62.8 Å². The molecule has 0 aliphatic carbocycles. The van der Waals surface area contributed by atoms with Crippen LogP contribution in [0.5, 0.6) is 5.75 Å². The van der Waals surface area contributed by atoms with Gasteiger partial charge in [0.15, 0.2) is 11.4 Å². The van der Waals surface area contributed by atoms with E-state index in [1.54, 1.807) is 48.8 Å². The molecule has 0 radical (unpaired) electrons. The van der Waals surface area contributed by atoms with Gasteiger partial charge in [-0.1, -0.05) is 29.5 Å². The number of carbonyl (C=O) groups excluding carboxylic acids is 1. The normalized spacial score (nSPS) is 15.7. The molecular weight excluding hydrogens is 464 g/mol. The van der Waals surface area contributed by atoms with Crippen LogP contribution < -0.4 is 19.6 Å². The van der Waals surface area contributed by atoms with Crippen molar-refractivity contribution in [1.82, 2.24) is 4.57 Å². The second kappa shape index (κ2) is 9.55. The van der Waals surface area contributed by atoms with Crippen molar-refractivity contribution in [1.29, 1.82) is 0 Å². The topological polar surface area (TPSA) is 107 Å². The third-order valence-corrected chi connectivity index (χ3v) is 6.78. The lowest BCUT2D eigenvalue weighted by Gasteiger charge is -2.23. The average molecular weight is 485 g/mol. The fraction of sp³-hybridized carbons (Fsp3) is 0.217. The molecule has 3 heterocycles. The number of ether oxygens (including phenoxy) is 2. The van der Waals surface area contributed by atoms with Gasteiger partial charge in [0.2, 0.25) is 0 Å². The molecule has 0 spiro atoms. The standard InChI is InChI=1S/C23H20N2O6S2/c1-3-30-22(29)19-13(2)24-23-25(20(19)16-5-4-10-32-16)21(28)17(33-23)11-14-6-8-15(9-7-14)31-12-18(26)27/h4-11,20H,3,12H2,1-2H3,(H,26,27)/b17-11+/t20-/m1/s1. The third kappa shape index (κ3) is 4.67. The fourth-order valence-corrected chi connectivity index (χ4v) is 5.33. The predicted molar refractivity (Wildman–Crippen MR) is 124 cm³/mol. The van der Waals surface area contributed by atoms with Gasteiger partial charge >= 0.3 is 11.9 Å². The molecule has 0 fully saturated rings. The highest BCUT2D eigenvalue weighted by molar-refractivity contribution is 7.10. The summed E-state index contributed by atoms with van der Waals surface area (Å²) < 4.78 is 12.4. The van der Waals surface area contributed by atoms with E-state index in [1.807, 2.05) is 17.5 Å². The minimum absolute atomic E-state index is 0.226. The van der Waals surface area contributed by atoms with Crippen LogP contribution in [0.25, 0.3) is 6.08 Å². The number of rotatable bonds is 7. The largest absolute Gasteiger partial charge is 0.482 e. The van der Waals surface area contributed by atoms with Crippen molar-refractivity contribution in [2.75, 3.05) is 13.2 Å². The van der Waals surface area contributed by atoms with Crippen molar-refractivity contribution >= 4 is 40.7 Å². The molecule has 8 nitrogen and oxygen atoms in total. The number of aromatic nitrogens is 1. The first-order valence-corrected chi connectivity index (χ1v) is 11.8. The summed E-state index contributed by atoms with van der Waals surface area (Å²) in [7, 11) is 0. The van der Waals surface area contributed by atoms with Gasteiger partial charge in [-0.3, -0.25) is 9.36 Å². The van der Waals surface area contributed by atoms with Crippen LogP contribution in [0.3, 0.4) is 0 Å². The number of fused-ring (bicyclic) bond motifs is 1. The monoisotopic (exact) mass is 484 g/mol. The Morgan fingerprint density at radius 3 is 2.64 bits per heavy atom. The lowest BCUT2D eigenvalue weighted by Crippen LogP contribution is -2.39. The molecule has 4 rings (SSSR count). The summed E-state index contributed by atoms with van der Waals surface area (Å²) in [5, 5.41) is 10.6. The summed E-state index contributed by atoms with van der Waals surface area (Å²) >= 11 is 2.70. The average Bonchev–Trinajstić information content (AvgIpc) is 3.41. The van der Waals surface area contributed by atoms with Gasteiger partial charge in [-0.25, -0.2) is 14.6 Å². The quantitative estimate of drug-likeness (QED) is 0.516. The van der Waals surface area contributed by atoms with Crippen LogP contribution in [0.1, 0.15) is 30.3 Å². The molecule has 1 aromatic carbocycles. The molecule has 1 aliphatic heterocycles. The predicted octanol–water partition coefficient (Wildman–Crippen LogP) is 2.32. The number of carboxylic acids is 1. The number of allylic oxidation sites excluding steroid dienone is 1. The lowest BCUT2D eigenvalue weighted by molar-refractivity contribution is -0.140. The SMILES string of the molecule is CCOC(=O)C1=C(C)N=c2s/c(=C/c3ccc(OCC(=O)O)cc3)c(=O)n2[C@@H]1c1cccs1. The number of carboxylic acid groups (broad SMARTS) is 1. The maximum absolute atomic E-state index is 13.4. The van der Waals surface area contributed by atoms with Gasteiger partial charge in [-0.15, -0.1) is 11.3 Å². The zero-order valence-electron chi connectivity index (χ0n) is 17.8. The molecule has 0 saturated carbocycles. The zero-order valence-corrected chi connectivity index (χ0v) is 19.4. The summed E-state index contributed by atoms with van der Waals surface area (Å²) in [6.07, 6.45) is 1.74. The number of esters is 1. The highest BCUT2D eigenvalue weighted by Crippen LogP contribution is 2.33. The molecule has 10 heteroatoms. The maximum Gasteiger partial charge on any atom is 0.341 e. The molecular formula is C23H20N2O6S2. The van der Waals surface area contributed by atoms with E-state index < -0.39 is 24.6 Å². The summed E-state index contributed by atoms with van der Waals surface area (Å²) in [6, 6.07) is 9.92. The van der Waals surface area contributed by atoms with Crippen LogP contribution >= 0.6 is 22.7 Å². The Bertz CT molecular complexity index is 1400. The molecule has 1 atom stereocenters. The number of thiazole rings is 1. The Kier molecular flexibility index (Phi) is 6.57. The molecule has 3 aromatic rings. The van der Waals surface area contributed by atoms with Gasteiger partial charge in [0, 0.05) is 4.88 Å². The molecule has 1 N–H and O–H groups in total. The summed E-state index contributed by atoms with van der Waals surface area (Å²) in [4.78, 5) is 42.7. The highest BCUT2D eigenvalue weighted by atomic mass is 32.1. The zero-order chi connectivity index (χ0) is 23.5. The van der Waals surface area contributed by atoms with Gasteiger partial charge in [0.25, 0.3) is 5.56 Å². The fourth-order valence-electron chi connectivity index (χ4n) is 3.46. The van der Waals surface area contributed by atoms with Crippen LogP contribution in [0, 0.1) is 0 Å². The van der Waals surface area contributed by atoms with Crippen molar-refractivity contribution in [3.8, 4) is 5.75 Å². The van der Waals surface area contributed by atoms with E-state index in [2.05, 4.69) is 4.99 Å². The van der Waals surface area contributed by atoms with Gasteiger partial charge in [-0.2, -0.15) is 0 Å². The smallest absolute Gasteiger partial charge is 0.341 e. The van der Waals surface area contributed by atoms with E-state index in [4.69, 9.17) is 14.6 Å². The van der Waals surface area contributed by atoms with E-state index in [-0.39, 0.29) is 12.2 Å². The molecule has 0 saturated heterocycles. The Morgan fingerprint density at radius 1 is 1.24 bits per heavy atom. The van der Waals surface area contributed by atoms with Crippen molar-refractivity contribution in [3.05, 3.63) is 83.2 Å². The Hall–Kier alpha value is -3.50. The number of benzene rings is 1. The van der Waals surface area contributed by atoms with Crippen LogP contribution in [0.2, 0.25) is 0 Å². The molecule has 2 aromatic heterocycles. The van der Waals surface area contributed by atoms with Crippen LogP contribution in [-0.2, 0) is 14.3 Å². The van der Waals surface area contributed by atoms with Crippen LogP contribution in [-0.4, -0.2) is 34.8 Å². The van der Waals surface area contributed by atoms with E-state index in [0.29, 0.717) is 26.4 Å². The van der Waals surface area contributed by atoms with Gasteiger partial charge < -0.3 is 14.6 Å². The minimum atomic E-state index is -1.06. The highest BCUT2D eigenvalue weighted by Gasteiger charge is 2.33. The Morgan fingerprint density at radius 2 is 2.00 bits per heavy atom. The second-order valence-corrected chi connectivity index (χ2v) is 9.06. The Balaban J connectivity index is 1.78. The minimum Gasteiger partial charge on any atom is -0.482 e. The van der Waals surface area contributed by atoms with E-state index >= 15 is 0 Å². The van der Waals surface area contributed by atoms with Crippen molar-refractivity contribution in [2.45, 2.75) is 19.9 Å². The first kappa shape index (κ1) is 22.7. The summed E-state index contributed by atoms with van der Waals surface area (Å²) in [5.74, 6) is -1.12. The molecule has 0 unspecified atom stereocenters. The van der Waals surface area contributed by atoms with Gasteiger partial charge in [-0.05, 0) is 49.1 Å². The first-order valence-electron chi connectivity index (χ1n) is 10.1. The van der Waals surface area contributed by atoms with Crippen molar-refractivity contribution in [3.63, 3.8) is 0 Å². The second-order valence-electron chi connectivity index (χ2n) is 7.07. The van der Waals surface area contributed by atoms with Crippen molar-refractivity contribution < 1.29 is 24.2 Å². The number of thiophene rings is 1. The number of aliphatic carboxylic acids is 1. The number of carbonyl (C=O) groups is 2. The number of hydrogen-bond donors (Lipinski definition) is 1. The number of hydrogen-bond acceptors (Lipinski definition) is 8. The molecule has 0 amide bonds. The molecule has 170 valence electrons. The first-order chi connectivity index (χ1) is 15.9. The Labute approximate surface area is 196 Å². The summed E-state index contributed by atoms with van der Waals surface area (Å²) in [5.41, 5.74) is 1.38. The molecule has 1 aliphatic rings. The number of nitrogens with zero attached hydrogens (tertiary/aromatic N) is 2. The van der Waals surface area contributed by atoms with Gasteiger partial charge in [0.1, 0.15) is 11.8 Å². The summed E-state index contributed by atoms with van der Waals surface area (Å²) in [6.45, 7) is 3.28. The molecule has 33 heavy (non-hydrogen) atoms. The van der Waals surface area contributed by atoms with Crippen LogP contribution in [0.4, 0.5) is 0 Å². The van der Waals surface area contributed by atoms with Gasteiger partial charge in [0.05, 0.1) is 22.4 Å². The maximum atomic E-state index is 13.4. The van der Waals surface area contributed by atoms with E-state index in [0.717, 1.165) is 10.4 Å². The lowest BCUT2D eigenvalue weighted by atomic mass is 10.0. The van der Waals surface area contributed by atoms with E-state index in [9.17, 15) is 14.4 Å².